The predicted octanol–water partition coefficient (Wildman–Crippen LogP) is -0.662. The number of hydrogen-bond acceptors (Lipinski definition) is 4. The fourth-order valence-corrected chi connectivity index (χ4v) is 0.630. The van der Waals surface area contributed by atoms with E-state index in [0.717, 1.165) is 0 Å². The van der Waals surface area contributed by atoms with Crippen molar-refractivity contribution in [1.82, 2.24) is 20.2 Å². The number of aryl methyl sites for hydroxylation is 1. The number of nitrogens with zero attached hydrogens (tertiary/aromatic N) is 4. The molecule has 1 radical (unpaired) electrons. The van der Waals surface area contributed by atoms with Crippen molar-refractivity contribution in [1.29, 1.82) is 0 Å². The summed E-state index contributed by atoms with van der Waals surface area (Å²) in [4.78, 5) is 11.4. The Bertz CT molecular complexity index is 220. The molecular weight excluding hydrogens is 148 g/mol. The number of hydrogen-bond donors (Lipinski definition) is 1. The zero-order valence-corrected chi connectivity index (χ0v) is 5.77. The standard InChI is InChI=1S/C5H7N4O2/c10-5(11)2-1-3-9-7-4-6-8-9/h1-3H2,(H,10,11). The molecule has 0 fully saturated rings. The topological polar surface area (TPSA) is 80.9 Å². The lowest BCUT2D eigenvalue weighted by molar-refractivity contribution is -0.137. The Morgan fingerprint density at radius 1 is 1.64 bits per heavy atom. The Morgan fingerprint density at radius 2 is 2.45 bits per heavy atom. The highest BCUT2D eigenvalue weighted by molar-refractivity contribution is 5.66. The van der Waals surface area contributed by atoms with E-state index in [1.54, 1.807) is 0 Å². The molecule has 59 valence electrons. The molecule has 0 atom stereocenters. The van der Waals surface area contributed by atoms with Crippen LogP contribution in [-0.2, 0) is 11.3 Å². The third-order valence-corrected chi connectivity index (χ3v) is 1.10. The molecule has 0 spiro atoms. The quantitative estimate of drug-likeness (QED) is 0.624. The highest BCUT2D eigenvalue weighted by atomic mass is 16.4. The Hall–Kier alpha value is -1.46. The first-order valence-corrected chi connectivity index (χ1v) is 3.14. The van der Waals surface area contributed by atoms with Crippen LogP contribution in [0.5, 0.6) is 0 Å². The summed E-state index contributed by atoms with van der Waals surface area (Å²) in [5.74, 6) is -0.811. The summed E-state index contributed by atoms with van der Waals surface area (Å²) in [5.41, 5.74) is 0. The highest BCUT2D eigenvalue weighted by Gasteiger charge is 1.97. The molecule has 1 heterocycles. The van der Waals surface area contributed by atoms with E-state index in [1.165, 1.54) is 4.80 Å². The van der Waals surface area contributed by atoms with Gasteiger partial charge in [-0.25, -0.2) is 0 Å². The fraction of sp³-hybridized carbons (Fsp3) is 0.600. The summed E-state index contributed by atoms with van der Waals surface area (Å²) < 4.78 is 0. The van der Waals surface area contributed by atoms with E-state index in [9.17, 15) is 4.79 Å². The van der Waals surface area contributed by atoms with Gasteiger partial charge in [-0.3, -0.25) is 4.79 Å². The van der Waals surface area contributed by atoms with Crippen molar-refractivity contribution >= 4 is 5.97 Å². The molecule has 0 amide bonds. The van der Waals surface area contributed by atoms with E-state index >= 15 is 0 Å². The highest BCUT2D eigenvalue weighted by Crippen LogP contribution is 1.90. The van der Waals surface area contributed by atoms with Crippen LogP contribution in [0.15, 0.2) is 0 Å². The molecule has 0 aliphatic rings. The minimum Gasteiger partial charge on any atom is -0.481 e. The van der Waals surface area contributed by atoms with E-state index in [1.807, 2.05) is 0 Å². The average Bonchev–Trinajstić information content (AvgIpc) is 2.39. The molecule has 6 nitrogen and oxygen atoms in total. The number of tetrazole rings is 1. The Morgan fingerprint density at radius 3 is 3.00 bits per heavy atom. The fourth-order valence-electron chi connectivity index (χ4n) is 0.630. The first-order chi connectivity index (χ1) is 5.29. The van der Waals surface area contributed by atoms with Crippen molar-refractivity contribution in [2.75, 3.05) is 0 Å². The Kier molecular flexibility index (Phi) is 2.53. The summed E-state index contributed by atoms with van der Waals surface area (Å²) in [6.45, 7) is 0.475. The maximum absolute atomic E-state index is 10.1. The van der Waals surface area contributed by atoms with Crippen molar-refractivity contribution in [2.24, 2.45) is 0 Å². The molecule has 0 saturated heterocycles. The van der Waals surface area contributed by atoms with Crippen LogP contribution in [0.4, 0.5) is 0 Å². The molecule has 1 aromatic rings. The third-order valence-electron chi connectivity index (χ3n) is 1.10. The molecular formula is C5H7N4O2. The normalized spacial score (nSPS) is 9.82. The van der Waals surface area contributed by atoms with Crippen molar-refractivity contribution in [3.8, 4) is 0 Å². The van der Waals surface area contributed by atoms with E-state index in [-0.39, 0.29) is 6.42 Å². The minimum atomic E-state index is -0.811. The van der Waals surface area contributed by atoms with Crippen LogP contribution in [0.2, 0.25) is 0 Å². The number of carboxylic acids is 1. The second-order valence-corrected chi connectivity index (χ2v) is 1.98. The predicted molar refractivity (Wildman–Crippen MR) is 33.5 cm³/mol. The van der Waals surface area contributed by atoms with Crippen LogP contribution < -0.4 is 0 Å². The minimum absolute atomic E-state index is 0.127. The zero-order chi connectivity index (χ0) is 8.10. The molecule has 0 saturated carbocycles. The summed E-state index contributed by atoms with van der Waals surface area (Å²) in [7, 11) is 0. The Balaban J connectivity index is 2.19. The number of carboxylic acid groups (broad SMARTS) is 1. The molecule has 0 bridgehead atoms. The van der Waals surface area contributed by atoms with Gasteiger partial charge in [0.15, 0.2) is 0 Å². The summed E-state index contributed by atoms with van der Waals surface area (Å²) in [6, 6.07) is 0. The SMILES string of the molecule is O=C(O)CCCn1n[c]nn1. The number of carbonyl (C=O) groups is 1. The maximum Gasteiger partial charge on any atom is 0.303 e. The van der Waals surface area contributed by atoms with Crippen LogP contribution >= 0.6 is 0 Å². The van der Waals surface area contributed by atoms with Crippen LogP contribution in [-0.4, -0.2) is 31.3 Å². The van der Waals surface area contributed by atoms with Crippen LogP contribution in [0.3, 0.4) is 0 Å². The van der Waals surface area contributed by atoms with E-state index in [2.05, 4.69) is 21.7 Å². The van der Waals surface area contributed by atoms with Gasteiger partial charge in [0.1, 0.15) is 0 Å². The van der Waals surface area contributed by atoms with E-state index in [4.69, 9.17) is 5.11 Å². The lowest BCUT2D eigenvalue weighted by Crippen LogP contribution is -2.04. The second-order valence-electron chi connectivity index (χ2n) is 1.98. The van der Waals surface area contributed by atoms with Gasteiger partial charge in [-0.15, -0.1) is 10.2 Å². The van der Waals surface area contributed by atoms with Crippen LogP contribution in [0.1, 0.15) is 12.8 Å². The number of aliphatic carboxylic acids is 1. The molecule has 0 unspecified atom stereocenters. The molecule has 6 heteroatoms. The van der Waals surface area contributed by atoms with Crippen LogP contribution in [0.25, 0.3) is 0 Å². The van der Waals surface area contributed by atoms with E-state index in [0.29, 0.717) is 13.0 Å². The molecule has 0 aliphatic carbocycles. The van der Waals surface area contributed by atoms with Gasteiger partial charge in [-0.05, 0) is 11.6 Å². The molecule has 1 aromatic heterocycles. The number of aromatic nitrogens is 4. The molecule has 0 aromatic carbocycles. The van der Waals surface area contributed by atoms with E-state index < -0.39 is 5.97 Å². The van der Waals surface area contributed by atoms with Crippen LogP contribution in [0, 0.1) is 6.33 Å². The summed E-state index contributed by atoms with van der Waals surface area (Å²) >= 11 is 0. The largest absolute Gasteiger partial charge is 0.481 e. The average molecular weight is 155 g/mol. The van der Waals surface area contributed by atoms with Gasteiger partial charge < -0.3 is 5.11 Å². The molecule has 1 rings (SSSR count). The van der Waals surface area contributed by atoms with Gasteiger partial charge in [0.2, 0.25) is 6.33 Å². The van der Waals surface area contributed by atoms with Crippen molar-refractivity contribution < 1.29 is 9.90 Å². The molecule has 1 N–H and O–H groups in total. The molecule has 11 heavy (non-hydrogen) atoms. The zero-order valence-electron chi connectivity index (χ0n) is 5.77. The summed E-state index contributed by atoms with van der Waals surface area (Å²) in [6.07, 6.45) is 2.91. The number of rotatable bonds is 4. The lowest BCUT2D eigenvalue weighted by Gasteiger charge is -1.93. The first-order valence-electron chi connectivity index (χ1n) is 3.14. The van der Waals surface area contributed by atoms with Crippen molar-refractivity contribution in [3.63, 3.8) is 0 Å². The van der Waals surface area contributed by atoms with Crippen molar-refractivity contribution in [2.45, 2.75) is 19.4 Å². The first kappa shape index (κ1) is 7.64. The monoisotopic (exact) mass is 155 g/mol. The van der Waals surface area contributed by atoms with Gasteiger partial charge in [0.25, 0.3) is 0 Å². The Labute approximate surface area is 62.8 Å². The molecule has 0 aliphatic heterocycles. The second kappa shape index (κ2) is 3.65. The van der Waals surface area contributed by atoms with Gasteiger partial charge in [0.05, 0.1) is 6.54 Å². The third kappa shape index (κ3) is 2.74. The van der Waals surface area contributed by atoms with Crippen molar-refractivity contribution in [3.05, 3.63) is 6.33 Å². The summed E-state index contributed by atoms with van der Waals surface area (Å²) in [5, 5.41) is 18.7. The lowest BCUT2D eigenvalue weighted by atomic mass is 10.3. The van der Waals surface area contributed by atoms with Gasteiger partial charge in [0, 0.05) is 6.42 Å². The maximum atomic E-state index is 10.1. The van der Waals surface area contributed by atoms with Gasteiger partial charge >= 0.3 is 5.97 Å². The van der Waals surface area contributed by atoms with Gasteiger partial charge in [-0.1, -0.05) is 0 Å². The smallest absolute Gasteiger partial charge is 0.303 e. The van der Waals surface area contributed by atoms with Gasteiger partial charge in [-0.2, -0.15) is 4.80 Å².